The topological polar surface area (TPSA) is 37.8 Å². The predicted octanol–water partition coefficient (Wildman–Crippen LogP) is 3.43. The van der Waals surface area contributed by atoms with Gasteiger partial charge in [-0.1, -0.05) is 33.8 Å². The Balaban J connectivity index is 2.20. The molecule has 1 aliphatic rings. The van der Waals surface area contributed by atoms with Gasteiger partial charge in [-0.3, -0.25) is 9.89 Å². The van der Waals surface area contributed by atoms with Gasteiger partial charge in [0.05, 0.1) is 5.69 Å². The highest BCUT2D eigenvalue weighted by molar-refractivity contribution is 5.50. The Morgan fingerprint density at radius 1 is 1.05 bits per heavy atom. The largest absolute Gasteiger partial charge is 0.295 e. The Morgan fingerprint density at radius 3 is 2.30 bits per heavy atom. The van der Waals surface area contributed by atoms with Gasteiger partial charge >= 0.3 is 0 Å². The van der Waals surface area contributed by atoms with Gasteiger partial charge in [-0.2, -0.15) is 0 Å². The van der Waals surface area contributed by atoms with Crippen LogP contribution in [0.3, 0.4) is 0 Å². The van der Waals surface area contributed by atoms with Crippen molar-refractivity contribution in [2.45, 2.75) is 51.9 Å². The Bertz CT molecular complexity index is 732. The van der Waals surface area contributed by atoms with E-state index in [9.17, 15) is 4.79 Å². The summed E-state index contributed by atoms with van der Waals surface area (Å²) in [7, 11) is 0. The van der Waals surface area contributed by atoms with Crippen molar-refractivity contribution in [3.63, 3.8) is 0 Å². The minimum atomic E-state index is -0.00230. The maximum absolute atomic E-state index is 12.0. The summed E-state index contributed by atoms with van der Waals surface area (Å²) in [6.07, 6.45) is 1.14. The van der Waals surface area contributed by atoms with Gasteiger partial charge in [0.2, 0.25) is 0 Å². The van der Waals surface area contributed by atoms with Gasteiger partial charge in [-0.25, -0.2) is 4.68 Å². The molecule has 0 atom stereocenters. The summed E-state index contributed by atoms with van der Waals surface area (Å²) in [4.78, 5) is 12.0. The summed E-state index contributed by atoms with van der Waals surface area (Å²) < 4.78 is 1.62. The molecule has 0 spiro atoms. The van der Waals surface area contributed by atoms with Crippen LogP contribution in [0.2, 0.25) is 0 Å². The molecule has 0 radical (unpaired) electrons. The van der Waals surface area contributed by atoms with Gasteiger partial charge in [-0.05, 0) is 47.4 Å². The first-order chi connectivity index (χ1) is 9.21. The van der Waals surface area contributed by atoms with E-state index >= 15 is 0 Å². The van der Waals surface area contributed by atoms with Crippen molar-refractivity contribution in [2.24, 2.45) is 0 Å². The molecule has 1 N–H and O–H groups in total. The number of nitrogens with one attached hydrogen (secondary N) is 1. The number of H-pyrrole nitrogens is 1. The average Bonchev–Trinajstić information content (AvgIpc) is 2.74. The van der Waals surface area contributed by atoms with E-state index in [2.05, 4.69) is 44.9 Å². The molecule has 0 aliphatic heterocycles. The fourth-order valence-electron chi connectivity index (χ4n) is 3.82. The number of nitrogens with zero attached hydrogens (tertiary/aromatic N) is 1. The Morgan fingerprint density at radius 2 is 1.70 bits per heavy atom. The molecular formula is C17H22N2O. The third-order valence-electron chi connectivity index (χ3n) is 4.45. The van der Waals surface area contributed by atoms with E-state index in [-0.39, 0.29) is 16.4 Å². The van der Waals surface area contributed by atoms with Crippen LogP contribution < -0.4 is 5.56 Å². The van der Waals surface area contributed by atoms with Crippen molar-refractivity contribution >= 4 is 0 Å². The second-order valence-corrected chi connectivity index (χ2v) is 7.29. The monoisotopic (exact) mass is 270 g/mol. The highest BCUT2D eigenvalue weighted by Gasteiger charge is 2.41. The van der Waals surface area contributed by atoms with Crippen LogP contribution >= 0.6 is 0 Å². The highest BCUT2D eigenvalue weighted by Crippen LogP contribution is 2.49. The number of aryl methyl sites for hydroxylation is 1. The number of benzene rings is 1. The van der Waals surface area contributed by atoms with Crippen LogP contribution in [0, 0.1) is 6.92 Å². The lowest BCUT2D eigenvalue weighted by molar-refractivity contribution is 0.403. The molecule has 2 aromatic rings. The SMILES string of the molecule is Cc1cc(=O)n(-c2ccc3c(c2)C(C)(C)CC3(C)C)[nH]1. The minimum Gasteiger partial charge on any atom is -0.295 e. The van der Waals surface area contributed by atoms with Gasteiger partial charge in [0.25, 0.3) is 5.56 Å². The quantitative estimate of drug-likeness (QED) is 0.847. The van der Waals surface area contributed by atoms with Crippen molar-refractivity contribution < 1.29 is 0 Å². The molecular weight excluding hydrogens is 248 g/mol. The van der Waals surface area contributed by atoms with Crippen molar-refractivity contribution in [1.82, 2.24) is 9.78 Å². The summed E-state index contributed by atoms with van der Waals surface area (Å²) in [6.45, 7) is 11.1. The molecule has 3 rings (SSSR count). The first kappa shape index (κ1) is 13.2. The standard InChI is InChI=1S/C17H22N2O/c1-11-8-15(20)19(18-11)12-6-7-13-14(9-12)17(4,5)10-16(13,2)3/h6-9,18H,10H2,1-5H3. The molecule has 0 saturated carbocycles. The van der Waals surface area contributed by atoms with E-state index < -0.39 is 0 Å². The van der Waals surface area contributed by atoms with E-state index in [4.69, 9.17) is 0 Å². The Labute approximate surface area is 119 Å². The second-order valence-electron chi connectivity index (χ2n) is 7.29. The van der Waals surface area contributed by atoms with Gasteiger partial charge in [0, 0.05) is 11.8 Å². The van der Waals surface area contributed by atoms with Crippen LogP contribution in [-0.4, -0.2) is 9.78 Å². The van der Waals surface area contributed by atoms with E-state index in [1.54, 1.807) is 10.7 Å². The normalized spacial score (nSPS) is 19.1. The Hall–Kier alpha value is -1.77. The van der Waals surface area contributed by atoms with Crippen LogP contribution in [0.5, 0.6) is 0 Å². The molecule has 3 heteroatoms. The molecule has 1 aromatic heterocycles. The van der Waals surface area contributed by atoms with Gasteiger partial charge in [0.1, 0.15) is 0 Å². The average molecular weight is 270 g/mol. The summed E-state index contributed by atoms with van der Waals surface area (Å²) >= 11 is 0. The summed E-state index contributed by atoms with van der Waals surface area (Å²) in [5.74, 6) is 0. The fourth-order valence-corrected chi connectivity index (χ4v) is 3.82. The lowest BCUT2D eigenvalue weighted by Gasteiger charge is -2.22. The molecule has 106 valence electrons. The van der Waals surface area contributed by atoms with Crippen LogP contribution in [0.15, 0.2) is 29.1 Å². The number of aromatic nitrogens is 2. The summed E-state index contributed by atoms with van der Waals surface area (Å²) in [6, 6.07) is 8.02. The smallest absolute Gasteiger partial charge is 0.271 e. The maximum atomic E-state index is 12.0. The lowest BCUT2D eigenvalue weighted by Crippen LogP contribution is -2.18. The fraction of sp³-hybridized carbons (Fsp3) is 0.471. The molecule has 1 aliphatic carbocycles. The van der Waals surface area contributed by atoms with Crippen LogP contribution in [-0.2, 0) is 10.8 Å². The van der Waals surface area contributed by atoms with E-state index in [1.165, 1.54) is 11.1 Å². The first-order valence-electron chi connectivity index (χ1n) is 7.15. The lowest BCUT2D eigenvalue weighted by atomic mass is 9.82. The molecule has 0 saturated heterocycles. The third-order valence-corrected chi connectivity index (χ3v) is 4.45. The zero-order valence-corrected chi connectivity index (χ0v) is 12.9. The van der Waals surface area contributed by atoms with Crippen molar-refractivity contribution in [1.29, 1.82) is 0 Å². The number of hydrogen-bond donors (Lipinski definition) is 1. The first-order valence-corrected chi connectivity index (χ1v) is 7.15. The molecule has 1 aromatic carbocycles. The third kappa shape index (κ3) is 1.84. The maximum Gasteiger partial charge on any atom is 0.271 e. The number of rotatable bonds is 1. The molecule has 0 unspecified atom stereocenters. The molecule has 1 heterocycles. The Kier molecular flexibility index (Phi) is 2.56. The number of fused-ring (bicyclic) bond motifs is 1. The molecule has 20 heavy (non-hydrogen) atoms. The molecule has 3 nitrogen and oxygen atoms in total. The molecule has 0 amide bonds. The van der Waals surface area contributed by atoms with Gasteiger partial charge < -0.3 is 0 Å². The number of aromatic amines is 1. The van der Waals surface area contributed by atoms with Crippen LogP contribution in [0.1, 0.15) is 50.9 Å². The minimum absolute atomic E-state index is 0.00230. The van der Waals surface area contributed by atoms with Crippen molar-refractivity contribution in [3.05, 3.63) is 51.4 Å². The van der Waals surface area contributed by atoms with Gasteiger partial charge in [-0.15, -0.1) is 0 Å². The van der Waals surface area contributed by atoms with E-state index in [0.29, 0.717) is 0 Å². The highest BCUT2D eigenvalue weighted by atomic mass is 16.1. The summed E-state index contributed by atoms with van der Waals surface area (Å²) in [5, 5.41) is 3.10. The van der Waals surface area contributed by atoms with Crippen molar-refractivity contribution in [3.8, 4) is 5.69 Å². The second kappa shape index (κ2) is 3.87. The van der Waals surface area contributed by atoms with Crippen LogP contribution in [0.25, 0.3) is 5.69 Å². The van der Waals surface area contributed by atoms with Gasteiger partial charge in [0.15, 0.2) is 0 Å². The molecule has 0 fully saturated rings. The summed E-state index contributed by atoms with van der Waals surface area (Å²) in [5.41, 5.74) is 4.93. The van der Waals surface area contributed by atoms with Crippen LogP contribution in [0.4, 0.5) is 0 Å². The van der Waals surface area contributed by atoms with E-state index in [1.807, 2.05) is 13.0 Å². The zero-order valence-electron chi connectivity index (χ0n) is 12.9. The zero-order chi connectivity index (χ0) is 14.7. The molecule has 0 bridgehead atoms. The number of hydrogen-bond acceptors (Lipinski definition) is 1. The predicted molar refractivity (Wildman–Crippen MR) is 81.8 cm³/mol. The van der Waals surface area contributed by atoms with Crippen molar-refractivity contribution in [2.75, 3.05) is 0 Å². The van der Waals surface area contributed by atoms with E-state index in [0.717, 1.165) is 17.8 Å².